The third-order valence-electron chi connectivity index (χ3n) is 3.58. The number of nitrogens with zero attached hydrogens (tertiary/aromatic N) is 1. The van der Waals surface area contributed by atoms with Gasteiger partial charge in [-0.2, -0.15) is 5.10 Å². The fourth-order valence-electron chi connectivity index (χ4n) is 2.24. The van der Waals surface area contributed by atoms with E-state index in [1.807, 2.05) is 42.5 Å². The minimum atomic E-state index is -0.232. The Bertz CT molecular complexity index is 654. The summed E-state index contributed by atoms with van der Waals surface area (Å²) in [5.74, 6) is 0.552. The van der Waals surface area contributed by atoms with Crippen LogP contribution >= 0.6 is 0 Å². The standard InChI is InChI=1S/C20H24N2O2/c1-2-3-4-10-15-24-19-14-9-8-13-18(19)16-21-22-20(23)17-11-6-5-7-12-17/h5-9,11-14,16H,2-4,10,15H2,1H3,(H,22,23)/b21-16-. The van der Waals surface area contributed by atoms with Gasteiger partial charge in [-0.05, 0) is 30.7 Å². The molecule has 4 heteroatoms. The average molecular weight is 324 g/mol. The van der Waals surface area contributed by atoms with Crippen LogP contribution in [0.15, 0.2) is 59.7 Å². The summed E-state index contributed by atoms with van der Waals surface area (Å²) in [7, 11) is 0. The van der Waals surface area contributed by atoms with Gasteiger partial charge in [-0.25, -0.2) is 5.43 Å². The fourth-order valence-corrected chi connectivity index (χ4v) is 2.24. The van der Waals surface area contributed by atoms with Crippen LogP contribution < -0.4 is 10.2 Å². The highest BCUT2D eigenvalue weighted by Gasteiger charge is 2.03. The number of carbonyl (C=O) groups excluding carboxylic acids is 1. The van der Waals surface area contributed by atoms with Crippen molar-refractivity contribution >= 4 is 12.1 Å². The first-order chi connectivity index (χ1) is 11.8. The molecular formula is C20H24N2O2. The normalized spacial score (nSPS) is 10.7. The van der Waals surface area contributed by atoms with Crippen LogP contribution in [0.4, 0.5) is 0 Å². The molecule has 1 amide bonds. The van der Waals surface area contributed by atoms with Crippen molar-refractivity contribution in [3.63, 3.8) is 0 Å². The Morgan fingerprint density at radius 3 is 2.58 bits per heavy atom. The van der Waals surface area contributed by atoms with Gasteiger partial charge in [0.05, 0.1) is 12.8 Å². The molecule has 4 nitrogen and oxygen atoms in total. The van der Waals surface area contributed by atoms with Gasteiger partial charge in [0.15, 0.2) is 0 Å². The van der Waals surface area contributed by atoms with Crippen LogP contribution in [0.25, 0.3) is 0 Å². The number of amides is 1. The summed E-state index contributed by atoms with van der Waals surface area (Å²) in [5.41, 5.74) is 3.96. The molecule has 0 aromatic heterocycles. The van der Waals surface area contributed by atoms with E-state index in [4.69, 9.17) is 4.74 Å². The zero-order valence-corrected chi connectivity index (χ0v) is 14.1. The van der Waals surface area contributed by atoms with Gasteiger partial charge >= 0.3 is 0 Å². The number of hydrogen-bond acceptors (Lipinski definition) is 3. The summed E-state index contributed by atoms with van der Waals surface area (Å²) in [6.45, 7) is 2.89. The predicted octanol–water partition coefficient (Wildman–Crippen LogP) is 4.41. The molecule has 0 fully saturated rings. The number of benzene rings is 2. The number of para-hydroxylation sites is 1. The summed E-state index contributed by atoms with van der Waals surface area (Å²) < 4.78 is 5.82. The zero-order chi connectivity index (χ0) is 17.0. The molecule has 0 radical (unpaired) electrons. The van der Waals surface area contributed by atoms with Gasteiger partial charge in [0, 0.05) is 11.1 Å². The number of hydrogen-bond donors (Lipinski definition) is 1. The van der Waals surface area contributed by atoms with Crippen molar-refractivity contribution in [1.82, 2.24) is 5.43 Å². The Labute approximate surface area is 143 Å². The SMILES string of the molecule is CCCCCCOc1ccccc1/C=N\NC(=O)c1ccccc1. The summed E-state index contributed by atoms with van der Waals surface area (Å²) in [5, 5.41) is 4.03. The maximum Gasteiger partial charge on any atom is 0.271 e. The van der Waals surface area contributed by atoms with Gasteiger partial charge in [-0.3, -0.25) is 4.79 Å². The second-order valence-electron chi connectivity index (χ2n) is 5.51. The van der Waals surface area contributed by atoms with Crippen molar-refractivity contribution in [2.45, 2.75) is 32.6 Å². The maximum absolute atomic E-state index is 11.9. The van der Waals surface area contributed by atoms with Crippen LogP contribution in [0, 0.1) is 0 Å². The highest BCUT2D eigenvalue weighted by molar-refractivity contribution is 5.95. The average Bonchev–Trinajstić information content (AvgIpc) is 2.63. The molecule has 126 valence electrons. The lowest BCUT2D eigenvalue weighted by atomic mass is 10.2. The first-order valence-corrected chi connectivity index (χ1v) is 8.41. The van der Waals surface area contributed by atoms with E-state index in [1.54, 1.807) is 18.3 Å². The van der Waals surface area contributed by atoms with Gasteiger partial charge in [0.1, 0.15) is 5.75 Å². The molecule has 2 rings (SSSR count). The molecule has 0 unspecified atom stereocenters. The van der Waals surface area contributed by atoms with Crippen LogP contribution in [0.2, 0.25) is 0 Å². The van der Waals surface area contributed by atoms with Gasteiger partial charge in [-0.1, -0.05) is 56.5 Å². The van der Waals surface area contributed by atoms with Crippen LogP contribution in [0.1, 0.15) is 48.5 Å². The van der Waals surface area contributed by atoms with E-state index >= 15 is 0 Å². The fraction of sp³-hybridized carbons (Fsp3) is 0.300. The number of carbonyl (C=O) groups is 1. The minimum Gasteiger partial charge on any atom is -0.493 e. The molecule has 2 aromatic rings. The molecule has 0 saturated carbocycles. The first kappa shape index (κ1) is 17.7. The van der Waals surface area contributed by atoms with Crippen molar-refractivity contribution in [1.29, 1.82) is 0 Å². The van der Waals surface area contributed by atoms with Gasteiger partial charge in [0.25, 0.3) is 5.91 Å². The summed E-state index contributed by atoms with van der Waals surface area (Å²) in [6, 6.07) is 16.7. The van der Waals surface area contributed by atoms with Crippen LogP contribution in [0.5, 0.6) is 5.75 Å². The van der Waals surface area contributed by atoms with Gasteiger partial charge in [-0.15, -0.1) is 0 Å². The lowest BCUT2D eigenvalue weighted by Gasteiger charge is -2.08. The van der Waals surface area contributed by atoms with Crippen molar-refractivity contribution < 1.29 is 9.53 Å². The van der Waals surface area contributed by atoms with E-state index in [1.165, 1.54) is 19.3 Å². The summed E-state index contributed by atoms with van der Waals surface area (Å²) >= 11 is 0. The Balaban J connectivity index is 1.88. The van der Waals surface area contributed by atoms with E-state index in [0.29, 0.717) is 12.2 Å². The lowest BCUT2D eigenvalue weighted by molar-refractivity contribution is 0.0955. The predicted molar refractivity (Wildman–Crippen MR) is 97.6 cm³/mol. The molecule has 0 aliphatic heterocycles. The van der Waals surface area contributed by atoms with Crippen molar-refractivity contribution in [2.24, 2.45) is 5.10 Å². The third-order valence-corrected chi connectivity index (χ3v) is 3.58. The Morgan fingerprint density at radius 2 is 1.79 bits per heavy atom. The number of ether oxygens (including phenoxy) is 1. The highest BCUT2D eigenvalue weighted by Crippen LogP contribution is 2.16. The molecule has 0 saturated heterocycles. The quantitative estimate of drug-likeness (QED) is 0.422. The van der Waals surface area contributed by atoms with Crippen molar-refractivity contribution in [2.75, 3.05) is 6.61 Å². The maximum atomic E-state index is 11.9. The second-order valence-corrected chi connectivity index (χ2v) is 5.51. The van der Waals surface area contributed by atoms with E-state index in [-0.39, 0.29) is 5.91 Å². The Hall–Kier alpha value is -2.62. The molecule has 1 N–H and O–H groups in total. The molecule has 24 heavy (non-hydrogen) atoms. The molecular weight excluding hydrogens is 300 g/mol. The number of unbranched alkanes of at least 4 members (excludes halogenated alkanes) is 3. The molecule has 0 atom stereocenters. The van der Waals surface area contributed by atoms with Gasteiger partial charge in [0.2, 0.25) is 0 Å². The number of rotatable bonds is 9. The van der Waals surface area contributed by atoms with E-state index in [9.17, 15) is 4.79 Å². The Kier molecular flexibility index (Phi) is 7.54. The molecule has 2 aromatic carbocycles. The third kappa shape index (κ3) is 5.88. The number of hydrazone groups is 1. The minimum absolute atomic E-state index is 0.232. The second kappa shape index (κ2) is 10.2. The van der Waals surface area contributed by atoms with E-state index in [2.05, 4.69) is 17.5 Å². The highest BCUT2D eigenvalue weighted by atomic mass is 16.5. The lowest BCUT2D eigenvalue weighted by Crippen LogP contribution is -2.17. The zero-order valence-electron chi connectivity index (χ0n) is 14.1. The molecule has 0 bridgehead atoms. The monoisotopic (exact) mass is 324 g/mol. The first-order valence-electron chi connectivity index (χ1n) is 8.41. The van der Waals surface area contributed by atoms with E-state index < -0.39 is 0 Å². The smallest absolute Gasteiger partial charge is 0.271 e. The van der Waals surface area contributed by atoms with Crippen molar-refractivity contribution in [3.05, 3.63) is 65.7 Å². The summed E-state index contributed by atoms with van der Waals surface area (Å²) in [6.07, 6.45) is 6.29. The van der Waals surface area contributed by atoms with Crippen LogP contribution in [0.3, 0.4) is 0 Å². The van der Waals surface area contributed by atoms with Crippen molar-refractivity contribution in [3.8, 4) is 5.75 Å². The largest absolute Gasteiger partial charge is 0.493 e. The molecule has 0 spiro atoms. The Morgan fingerprint density at radius 1 is 1.04 bits per heavy atom. The van der Waals surface area contributed by atoms with Gasteiger partial charge < -0.3 is 4.74 Å². The van der Waals surface area contributed by atoms with E-state index in [0.717, 1.165) is 17.7 Å². The topological polar surface area (TPSA) is 50.7 Å². The molecule has 0 heterocycles. The molecule has 0 aliphatic rings. The van der Waals surface area contributed by atoms with Crippen LogP contribution in [-0.2, 0) is 0 Å². The number of nitrogens with one attached hydrogen (secondary N) is 1. The summed E-state index contributed by atoms with van der Waals surface area (Å²) in [4.78, 5) is 11.9. The van der Waals surface area contributed by atoms with Crippen LogP contribution in [-0.4, -0.2) is 18.7 Å². The molecule has 0 aliphatic carbocycles.